The number of anilines is 1. The Balaban J connectivity index is 1.46. The summed E-state index contributed by atoms with van der Waals surface area (Å²) in [5.74, 6) is 0.720. The molecule has 140 valence electrons. The molecule has 1 aliphatic carbocycles. The van der Waals surface area contributed by atoms with Crippen molar-refractivity contribution in [1.82, 2.24) is 10.6 Å². The molecule has 0 spiro atoms. The van der Waals surface area contributed by atoms with Crippen molar-refractivity contribution in [2.24, 2.45) is 0 Å². The zero-order valence-corrected chi connectivity index (χ0v) is 15.3. The third-order valence-corrected chi connectivity index (χ3v) is 4.94. The Bertz CT molecular complexity index is 687. The van der Waals surface area contributed by atoms with Crippen molar-refractivity contribution >= 4 is 17.6 Å². The Morgan fingerprint density at radius 1 is 1.35 bits per heavy atom. The van der Waals surface area contributed by atoms with Gasteiger partial charge in [-0.2, -0.15) is 0 Å². The van der Waals surface area contributed by atoms with Crippen molar-refractivity contribution in [2.75, 3.05) is 25.1 Å². The highest BCUT2D eigenvalue weighted by Crippen LogP contribution is 2.25. The average molecular weight is 357 g/mol. The zero-order chi connectivity index (χ0) is 18.4. The predicted octanol–water partition coefficient (Wildman–Crippen LogP) is 2.99. The van der Waals surface area contributed by atoms with E-state index in [2.05, 4.69) is 16.7 Å². The number of rotatable bonds is 6. The molecule has 0 saturated carbocycles. The van der Waals surface area contributed by atoms with Gasteiger partial charge in [-0.1, -0.05) is 17.7 Å². The van der Waals surface area contributed by atoms with Crippen LogP contribution < -0.4 is 20.3 Å². The van der Waals surface area contributed by atoms with E-state index >= 15 is 0 Å². The number of allylic oxidation sites excluding steroid dienone is 1. The summed E-state index contributed by atoms with van der Waals surface area (Å²) in [5.41, 5.74) is 2.24. The molecule has 0 aromatic heterocycles. The third kappa shape index (κ3) is 4.77. The summed E-state index contributed by atoms with van der Waals surface area (Å²) in [6.07, 6.45) is 8.36. The molecule has 6 heteroatoms. The van der Waals surface area contributed by atoms with Crippen LogP contribution in [0.3, 0.4) is 0 Å². The number of nitrogens with one attached hydrogen (secondary N) is 2. The van der Waals surface area contributed by atoms with Crippen LogP contribution in [0.5, 0.6) is 5.75 Å². The van der Waals surface area contributed by atoms with Crippen molar-refractivity contribution in [2.45, 2.75) is 44.6 Å². The first-order valence-corrected chi connectivity index (χ1v) is 9.32. The normalized spacial score (nSPS) is 19.9. The molecule has 1 heterocycles. The van der Waals surface area contributed by atoms with Gasteiger partial charge in [0, 0.05) is 31.3 Å². The quantitative estimate of drug-likeness (QED) is 0.769. The van der Waals surface area contributed by atoms with E-state index in [4.69, 9.17) is 4.74 Å². The van der Waals surface area contributed by atoms with Crippen LogP contribution in [-0.4, -0.2) is 38.2 Å². The van der Waals surface area contributed by atoms with Gasteiger partial charge in [-0.05, 0) is 44.2 Å². The van der Waals surface area contributed by atoms with Crippen molar-refractivity contribution in [3.63, 3.8) is 0 Å². The third-order valence-electron chi connectivity index (χ3n) is 4.94. The first kappa shape index (κ1) is 18.3. The monoisotopic (exact) mass is 357 g/mol. The van der Waals surface area contributed by atoms with E-state index in [1.165, 1.54) is 18.4 Å². The number of amides is 3. The van der Waals surface area contributed by atoms with Gasteiger partial charge in [-0.15, -0.1) is 0 Å². The van der Waals surface area contributed by atoms with Gasteiger partial charge in [-0.3, -0.25) is 4.79 Å². The number of ether oxygens (including phenoxy) is 1. The maximum atomic E-state index is 12.3. The minimum atomic E-state index is -0.202. The molecule has 1 aromatic rings. The van der Waals surface area contributed by atoms with E-state index in [0.717, 1.165) is 24.9 Å². The molecule has 1 aliphatic heterocycles. The lowest BCUT2D eigenvalue weighted by Gasteiger charge is -2.18. The number of benzene rings is 1. The SMILES string of the molecule is COc1cccc(N2CC(NC(=O)NCCC3=CCCCC3)CC2=O)c1. The fraction of sp³-hybridized carbons (Fsp3) is 0.500. The van der Waals surface area contributed by atoms with Crippen LogP contribution in [0.1, 0.15) is 38.5 Å². The topological polar surface area (TPSA) is 70.7 Å². The number of urea groups is 1. The van der Waals surface area contributed by atoms with Crippen molar-refractivity contribution in [1.29, 1.82) is 0 Å². The molecule has 26 heavy (non-hydrogen) atoms. The Hall–Kier alpha value is -2.50. The predicted molar refractivity (Wildman–Crippen MR) is 101 cm³/mol. The van der Waals surface area contributed by atoms with Gasteiger partial charge >= 0.3 is 6.03 Å². The number of carbonyl (C=O) groups is 2. The highest BCUT2D eigenvalue weighted by atomic mass is 16.5. The first-order chi connectivity index (χ1) is 12.7. The van der Waals surface area contributed by atoms with E-state index in [1.54, 1.807) is 12.0 Å². The summed E-state index contributed by atoms with van der Waals surface area (Å²) in [5, 5.41) is 5.82. The Kier molecular flexibility index (Phi) is 6.15. The van der Waals surface area contributed by atoms with E-state index < -0.39 is 0 Å². The lowest BCUT2D eigenvalue weighted by Crippen LogP contribution is -2.43. The molecule has 2 aliphatic rings. The van der Waals surface area contributed by atoms with Gasteiger partial charge in [0.25, 0.3) is 0 Å². The number of hydrogen-bond donors (Lipinski definition) is 2. The second-order valence-corrected chi connectivity index (χ2v) is 6.87. The van der Waals surface area contributed by atoms with Gasteiger partial charge in [-0.25, -0.2) is 4.79 Å². The van der Waals surface area contributed by atoms with Crippen molar-refractivity contribution < 1.29 is 14.3 Å². The van der Waals surface area contributed by atoms with Gasteiger partial charge in [0.05, 0.1) is 13.2 Å². The Labute approximate surface area is 154 Å². The maximum absolute atomic E-state index is 12.3. The summed E-state index contributed by atoms with van der Waals surface area (Å²) < 4.78 is 5.21. The number of hydrogen-bond acceptors (Lipinski definition) is 3. The molecule has 1 saturated heterocycles. The van der Waals surface area contributed by atoms with Crippen LogP contribution >= 0.6 is 0 Å². The number of nitrogens with zero attached hydrogens (tertiary/aromatic N) is 1. The lowest BCUT2D eigenvalue weighted by molar-refractivity contribution is -0.117. The molecule has 2 N–H and O–H groups in total. The fourth-order valence-corrected chi connectivity index (χ4v) is 3.54. The molecule has 1 aromatic carbocycles. The second-order valence-electron chi connectivity index (χ2n) is 6.87. The van der Waals surface area contributed by atoms with Crippen LogP contribution in [0.4, 0.5) is 10.5 Å². The average Bonchev–Trinajstić information content (AvgIpc) is 3.02. The Morgan fingerprint density at radius 2 is 2.23 bits per heavy atom. The van der Waals surface area contributed by atoms with Gasteiger partial charge in [0.15, 0.2) is 0 Å². The highest BCUT2D eigenvalue weighted by molar-refractivity contribution is 5.97. The lowest BCUT2D eigenvalue weighted by atomic mass is 9.97. The molecular weight excluding hydrogens is 330 g/mol. The van der Waals surface area contributed by atoms with E-state index in [0.29, 0.717) is 25.3 Å². The van der Waals surface area contributed by atoms with Crippen molar-refractivity contribution in [3.05, 3.63) is 35.9 Å². The van der Waals surface area contributed by atoms with Crippen LogP contribution in [0, 0.1) is 0 Å². The van der Waals surface area contributed by atoms with Crippen LogP contribution in [0.2, 0.25) is 0 Å². The van der Waals surface area contributed by atoms with Crippen LogP contribution in [-0.2, 0) is 4.79 Å². The smallest absolute Gasteiger partial charge is 0.315 e. The molecule has 3 rings (SSSR count). The standard InChI is InChI=1S/C20H27N3O3/c1-26-18-9-5-8-17(13-18)23-14-16(12-19(23)24)22-20(25)21-11-10-15-6-3-2-4-7-15/h5-6,8-9,13,16H,2-4,7,10-12,14H2,1H3,(H2,21,22,25). The van der Waals surface area contributed by atoms with E-state index in [-0.39, 0.29) is 18.0 Å². The molecular formula is C20H27N3O3. The molecule has 3 amide bonds. The fourth-order valence-electron chi connectivity index (χ4n) is 3.54. The van der Waals surface area contributed by atoms with Gasteiger partial charge < -0.3 is 20.3 Å². The molecule has 1 atom stereocenters. The summed E-state index contributed by atoms with van der Waals surface area (Å²) in [4.78, 5) is 26.1. The minimum absolute atomic E-state index is 0.0101. The highest BCUT2D eigenvalue weighted by Gasteiger charge is 2.31. The number of methoxy groups -OCH3 is 1. The first-order valence-electron chi connectivity index (χ1n) is 9.32. The second kappa shape index (κ2) is 8.74. The Morgan fingerprint density at radius 3 is 3.00 bits per heavy atom. The largest absolute Gasteiger partial charge is 0.497 e. The summed E-state index contributed by atoms with van der Waals surface area (Å²) >= 11 is 0. The van der Waals surface area contributed by atoms with Crippen molar-refractivity contribution in [3.8, 4) is 5.75 Å². The maximum Gasteiger partial charge on any atom is 0.315 e. The summed E-state index contributed by atoms with van der Waals surface area (Å²) in [7, 11) is 1.60. The van der Waals surface area contributed by atoms with Gasteiger partial charge in [0.1, 0.15) is 5.75 Å². The molecule has 0 radical (unpaired) electrons. The number of carbonyl (C=O) groups excluding carboxylic acids is 2. The van der Waals surface area contributed by atoms with Crippen LogP contribution in [0.25, 0.3) is 0 Å². The zero-order valence-electron chi connectivity index (χ0n) is 15.3. The summed E-state index contributed by atoms with van der Waals surface area (Å²) in [6, 6.07) is 7.03. The van der Waals surface area contributed by atoms with E-state index in [1.807, 2.05) is 24.3 Å². The molecule has 0 bridgehead atoms. The van der Waals surface area contributed by atoms with Crippen LogP contribution in [0.15, 0.2) is 35.9 Å². The summed E-state index contributed by atoms with van der Waals surface area (Å²) in [6.45, 7) is 1.11. The van der Waals surface area contributed by atoms with Gasteiger partial charge in [0.2, 0.25) is 5.91 Å². The molecule has 6 nitrogen and oxygen atoms in total. The molecule has 1 unspecified atom stereocenters. The minimum Gasteiger partial charge on any atom is -0.497 e. The molecule has 1 fully saturated rings. The van der Waals surface area contributed by atoms with E-state index in [9.17, 15) is 9.59 Å².